The standard InChI is InChI=1S/C23H27NO6/c1-6-30-22(26)23(21(25)24-16-9-7-14(2)8-10-16)13-17(23)15-11-18(27-3)20(29-5)19(12-15)28-4/h7-12,17H,6,13H2,1-5H3,(H,24,25)/t17-,23-/m1/s1. The van der Waals surface area contributed by atoms with Crippen LogP contribution < -0.4 is 19.5 Å². The number of carbonyl (C=O) groups is 2. The molecule has 2 aromatic carbocycles. The summed E-state index contributed by atoms with van der Waals surface area (Å²) in [7, 11) is 4.57. The Morgan fingerprint density at radius 2 is 1.63 bits per heavy atom. The molecular formula is C23H27NO6. The maximum Gasteiger partial charge on any atom is 0.322 e. The molecule has 30 heavy (non-hydrogen) atoms. The van der Waals surface area contributed by atoms with Crippen molar-refractivity contribution < 1.29 is 28.5 Å². The van der Waals surface area contributed by atoms with E-state index in [1.165, 1.54) is 21.3 Å². The summed E-state index contributed by atoms with van der Waals surface area (Å²) in [6.45, 7) is 3.88. The van der Waals surface area contributed by atoms with Crippen LogP contribution in [0.25, 0.3) is 0 Å². The van der Waals surface area contributed by atoms with Gasteiger partial charge in [-0.15, -0.1) is 0 Å². The van der Waals surface area contributed by atoms with Gasteiger partial charge in [0, 0.05) is 11.6 Å². The molecule has 1 fully saturated rings. The minimum atomic E-state index is -1.30. The van der Waals surface area contributed by atoms with E-state index >= 15 is 0 Å². The fourth-order valence-electron chi connectivity index (χ4n) is 3.68. The number of hydrogen-bond donors (Lipinski definition) is 1. The highest BCUT2D eigenvalue weighted by molar-refractivity contribution is 6.13. The molecule has 7 nitrogen and oxygen atoms in total. The van der Waals surface area contributed by atoms with E-state index in [1.807, 2.05) is 31.2 Å². The Morgan fingerprint density at radius 1 is 1.03 bits per heavy atom. The van der Waals surface area contributed by atoms with Crippen LogP contribution in [0.5, 0.6) is 17.2 Å². The topological polar surface area (TPSA) is 83.1 Å². The highest BCUT2D eigenvalue weighted by Crippen LogP contribution is 2.62. The second-order valence-corrected chi connectivity index (χ2v) is 7.23. The number of esters is 1. The summed E-state index contributed by atoms with van der Waals surface area (Å²) in [5.74, 6) is 0.105. The molecule has 2 atom stereocenters. The molecule has 3 rings (SSSR count). The second kappa shape index (κ2) is 8.65. The van der Waals surface area contributed by atoms with Gasteiger partial charge in [-0.25, -0.2) is 0 Å². The number of methoxy groups -OCH3 is 3. The molecule has 160 valence electrons. The minimum absolute atomic E-state index is 0.195. The SMILES string of the molecule is CCOC(=O)[C@]1(C(=O)Nc2ccc(C)cc2)C[C@@H]1c1cc(OC)c(OC)c(OC)c1. The quantitative estimate of drug-likeness (QED) is 0.525. The molecule has 2 aromatic rings. The molecule has 0 spiro atoms. The molecule has 0 unspecified atom stereocenters. The number of benzene rings is 2. The molecule has 1 aliphatic rings. The first-order chi connectivity index (χ1) is 14.4. The third-order valence-corrected chi connectivity index (χ3v) is 5.40. The predicted molar refractivity (Wildman–Crippen MR) is 112 cm³/mol. The average molecular weight is 413 g/mol. The van der Waals surface area contributed by atoms with Gasteiger partial charge in [-0.1, -0.05) is 17.7 Å². The monoisotopic (exact) mass is 413 g/mol. The van der Waals surface area contributed by atoms with E-state index in [2.05, 4.69) is 5.32 Å². The van der Waals surface area contributed by atoms with Crippen molar-refractivity contribution in [1.29, 1.82) is 0 Å². The van der Waals surface area contributed by atoms with E-state index in [4.69, 9.17) is 18.9 Å². The van der Waals surface area contributed by atoms with E-state index in [0.29, 0.717) is 29.4 Å². The molecule has 7 heteroatoms. The van der Waals surface area contributed by atoms with Gasteiger partial charge in [0.05, 0.1) is 27.9 Å². The Bertz CT molecular complexity index is 914. The summed E-state index contributed by atoms with van der Waals surface area (Å²) in [6, 6.07) is 11.0. The van der Waals surface area contributed by atoms with Crippen molar-refractivity contribution in [3.05, 3.63) is 47.5 Å². The fraction of sp³-hybridized carbons (Fsp3) is 0.391. The Kier molecular flexibility index (Phi) is 6.20. The van der Waals surface area contributed by atoms with Crippen LogP contribution in [0.4, 0.5) is 5.69 Å². The van der Waals surface area contributed by atoms with Crippen LogP contribution in [0.2, 0.25) is 0 Å². The number of anilines is 1. The number of hydrogen-bond acceptors (Lipinski definition) is 6. The zero-order valence-electron chi connectivity index (χ0n) is 17.9. The normalized spacial score (nSPS) is 19.6. The van der Waals surface area contributed by atoms with Crippen LogP contribution in [0.1, 0.15) is 30.4 Å². The minimum Gasteiger partial charge on any atom is -0.493 e. The van der Waals surface area contributed by atoms with Gasteiger partial charge in [0.25, 0.3) is 0 Å². The van der Waals surface area contributed by atoms with Gasteiger partial charge >= 0.3 is 5.97 Å². The molecule has 1 aliphatic carbocycles. The van der Waals surface area contributed by atoms with Crippen LogP contribution in [0.3, 0.4) is 0 Å². The molecule has 0 aliphatic heterocycles. The van der Waals surface area contributed by atoms with Gasteiger partial charge in [0.15, 0.2) is 16.9 Å². The largest absolute Gasteiger partial charge is 0.493 e. The molecule has 0 radical (unpaired) electrons. The molecule has 0 bridgehead atoms. The number of carbonyl (C=O) groups excluding carboxylic acids is 2. The van der Waals surface area contributed by atoms with Crippen molar-refractivity contribution in [2.45, 2.75) is 26.2 Å². The van der Waals surface area contributed by atoms with E-state index < -0.39 is 11.4 Å². The molecule has 0 heterocycles. The van der Waals surface area contributed by atoms with E-state index in [-0.39, 0.29) is 18.4 Å². The van der Waals surface area contributed by atoms with Crippen LogP contribution in [-0.4, -0.2) is 39.8 Å². The Hall–Kier alpha value is -3.22. The Morgan fingerprint density at radius 3 is 2.13 bits per heavy atom. The zero-order chi connectivity index (χ0) is 21.9. The molecule has 1 N–H and O–H groups in total. The van der Waals surface area contributed by atoms with E-state index in [9.17, 15) is 9.59 Å². The Balaban J connectivity index is 1.96. The van der Waals surface area contributed by atoms with Gasteiger partial charge < -0.3 is 24.3 Å². The van der Waals surface area contributed by atoms with Crippen molar-refractivity contribution in [1.82, 2.24) is 0 Å². The lowest BCUT2D eigenvalue weighted by atomic mass is 9.97. The first kappa shape index (κ1) is 21.5. The van der Waals surface area contributed by atoms with E-state index in [0.717, 1.165) is 11.1 Å². The highest BCUT2D eigenvalue weighted by Gasteiger charge is 2.67. The predicted octanol–water partition coefficient (Wildman–Crippen LogP) is 3.70. The number of amides is 1. The first-order valence-electron chi connectivity index (χ1n) is 9.76. The van der Waals surface area contributed by atoms with Crippen LogP contribution >= 0.6 is 0 Å². The lowest BCUT2D eigenvalue weighted by Gasteiger charge is -2.18. The van der Waals surface area contributed by atoms with Crippen LogP contribution in [-0.2, 0) is 14.3 Å². The highest BCUT2D eigenvalue weighted by atomic mass is 16.5. The number of nitrogens with one attached hydrogen (secondary N) is 1. The third-order valence-electron chi connectivity index (χ3n) is 5.40. The smallest absolute Gasteiger partial charge is 0.322 e. The number of aryl methyl sites for hydroxylation is 1. The maximum absolute atomic E-state index is 13.2. The van der Waals surface area contributed by atoms with Crippen molar-refractivity contribution in [3.8, 4) is 17.2 Å². The number of ether oxygens (including phenoxy) is 4. The summed E-state index contributed by atoms with van der Waals surface area (Å²) in [4.78, 5) is 26.1. The van der Waals surface area contributed by atoms with Crippen LogP contribution in [0, 0.1) is 12.3 Å². The summed E-state index contributed by atoms with van der Waals surface area (Å²) in [5, 5.41) is 2.86. The lowest BCUT2D eigenvalue weighted by Crippen LogP contribution is -2.34. The lowest BCUT2D eigenvalue weighted by molar-refractivity contribution is -0.153. The van der Waals surface area contributed by atoms with Crippen molar-refractivity contribution in [2.24, 2.45) is 5.41 Å². The second-order valence-electron chi connectivity index (χ2n) is 7.23. The van der Waals surface area contributed by atoms with Gasteiger partial charge in [-0.2, -0.15) is 0 Å². The summed E-state index contributed by atoms with van der Waals surface area (Å²) < 4.78 is 21.5. The summed E-state index contributed by atoms with van der Waals surface area (Å²) in [6.07, 6.45) is 0.335. The van der Waals surface area contributed by atoms with Gasteiger partial charge in [-0.05, 0) is 50.1 Å². The van der Waals surface area contributed by atoms with Crippen molar-refractivity contribution >= 4 is 17.6 Å². The zero-order valence-corrected chi connectivity index (χ0v) is 17.9. The third kappa shape index (κ3) is 3.79. The van der Waals surface area contributed by atoms with Crippen molar-refractivity contribution in [3.63, 3.8) is 0 Å². The first-order valence-corrected chi connectivity index (χ1v) is 9.76. The van der Waals surface area contributed by atoms with Crippen molar-refractivity contribution in [2.75, 3.05) is 33.3 Å². The number of rotatable bonds is 8. The molecule has 0 saturated heterocycles. The molecule has 0 aromatic heterocycles. The van der Waals surface area contributed by atoms with Gasteiger partial charge in [-0.3, -0.25) is 9.59 Å². The van der Waals surface area contributed by atoms with Gasteiger partial charge in [0.2, 0.25) is 11.7 Å². The Labute approximate surface area is 176 Å². The average Bonchev–Trinajstić information content (AvgIpc) is 3.51. The van der Waals surface area contributed by atoms with Crippen LogP contribution in [0.15, 0.2) is 36.4 Å². The van der Waals surface area contributed by atoms with E-state index in [1.54, 1.807) is 19.1 Å². The maximum atomic E-state index is 13.2. The molecule has 1 amide bonds. The fourth-order valence-corrected chi connectivity index (χ4v) is 3.68. The molecule has 1 saturated carbocycles. The summed E-state index contributed by atoms with van der Waals surface area (Å²) in [5.41, 5.74) is 1.15. The van der Waals surface area contributed by atoms with Gasteiger partial charge in [0.1, 0.15) is 0 Å². The summed E-state index contributed by atoms with van der Waals surface area (Å²) >= 11 is 0. The molecular weight excluding hydrogens is 386 g/mol.